The number of aromatic nitrogens is 2. The van der Waals surface area contributed by atoms with Crippen LogP contribution in [-0.2, 0) is 26.2 Å². The first-order valence-electron chi connectivity index (χ1n) is 9.59. The maximum atomic E-state index is 13.6. The fourth-order valence-electron chi connectivity index (χ4n) is 2.78. The zero-order valence-electron chi connectivity index (χ0n) is 17.2. The van der Waals surface area contributed by atoms with Gasteiger partial charge in [0.25, 0.3) is 5.91 Å². The number of para-hydroxylation sites is 1. The number of carbonyl (C=O) groups is 2. The zero-order chi connectivity index (χ0) is 21.7. The van der Waals surface area contributed by atoms with Gasteiger partial charge in [-0.3, -0.25) is 9.59 Å². The van der Waals surface area contributed by atoms with Crippen molar-refractivity contribution in [3.63, 3.8) is 0 Å². The number of halogens is 1. The Morgan fingerprint density at radius 3 is 2.40 bits per heavy atom. The van der Waals surface area contributed by atoms with Gasteiger partial charge in [0.1, 0.15) is 11.6 Å². The van der Waals surface area contributed by atoms with Crippen LogP contribution in [0.3, 0.4) is 0 Å². The standard InChI is InChI=1S/C23H24FN3O3/c1-23(2,3)19-14-20(27(26-19)17-10-5-4-6-11-17)25-21(28)15-30-22(29)13-16-9-7-8-12-18(16)24/h4-12,14H,13,15H2,1-3H3,(H,25,28). The Morgan fingerprint density at radius 2 is 1.73 bits per heavy atom. The minimum absolute atomic E-state index is 0.217. The molecule has 0 bridgehead atoms. The van der Waals surface area contributed by atoms with E-state index < -0.39 is 24.3 Å². The van der Waals surface area contributed by atoms with Gasteiger partial charge >= 0.3 is 5.97 Å². The van der Waals surface area contributed by atoms with Crippen LogP contribution in [0, 0.1) is 5.82 Å². The highest BCUT2D eigenvalue weighted by Gasteiger charge is 2.22. The second-order valence-corrected chi connectivity index (χ2v) is 7.89. The van der Waals surface area contributed by atoms with Gasteiger partial charge < -0.3 is 10.1 Å². The summed E-state index contributed by atoms with van der Waals surface area (Å²) in [4.78, 5) is 24.3. The van der Waals surface area contributed by atoms with Crippen molar-refractivity contribution in [3.05, 3.63) is 77.7 Å². The summed E-state index contributed by atoms with van der Waals surface area (Å²) in [6.45, 7) is 5.61. The lowest BCUT2D eigenvalue weighted by Crippen LogP contribution is -2.23. The predicted octanol–water partition coefficient (Wildman–Crippen LogP) is 4.03. The van der Waals surface area contributed by atoms with Gasteiger partial charge in [-0.05, 0) is 23.8 Å². The first-order chi connectivity index (χ1) is 14.2. The molecule has 1 heterocycles. The normalized spacial score (nSPS) is 11.2. The second-order valence-electron chi connectivity index (χ2n) is 7.89. The van der Waals surface area contributed by atoms with E-state index in [1.165, 1.54) is 12.1 Å². The summed E-state index contributed by atoms with van der Waals surface area (Å²) in [6.07, 6.45) is -0.240. The van der Waals surface area contributed by atoms with Crippen LogP contribution >= 0.6 is 0 Å². The quantitative estimate of drug-likeness (QED) is 0.624. The van der Waals surface area contributed by atoms with E-state index in [2.05, 4.69) is 10.4 Å². The van der Waals surface area contributed by atoms with Crippen molar-refractivity contribution < 1.29 is 18.7 Å². The molecule has 7 heteroatoms. The molecule has 0 atom stereocenters. The molecule has 0 unspecified atom stereocenters. The fraction of sp³-hybridized carbons (Fsp3) is 0.261. The summed E-state index contributed by atoms with van der Waals surface area (Å²) in [5.41, 5.74) is 1.60. The predicted molar refractivity (Wildman–Crippen MR) is 112 cm³/mol. The van der Waals surface area contributed by atoms with Gasteiger partial charge in [0, 0.05) is 11.5 Å². The van der Waals surface area contributed by atoms with Gasteiger partial charge in [-0.1, -0.05) is 57.2 Å². The Kier molecular flexibility index (Phi) is 6.30. The van der Waals surface area contributed by atoms with Crippen molar-refractivity contribution >= 4 is 17.7 Å². The molecule has 2 aromatic carbocycles. The van der Waals surface area contributed by atoms with Crippen molar-refractivity contribution in [2.24, 2.45) is 0 Å². The molecule has 3 aromatic rings. The average Bonchev–Trinajstić information content (AvgIpc) is 3.13. The Balaban J connectivity index is 1.68. The summed E-state index contributed by atoms with van der Waals surface area (Å²) in [5, 5.41) is 7.36. The molecule has 156 valence electrons. The molecule has 0 fully saturated rings. The fourth-order valence-corrected chi connectivity index (χ4v) is 2.78. The highest BCUT2D eigenvalue weighted by atomic mass is 19.1. The monoisotopic (exact) mass is 409 g/mol. The third kappa shape index (κ3) is 5.31. The number of nitrogens with zero attached hydrogens (tertiary/aromatic N) is 2. The number of hydrogen-bond acceptors (Lipinski definition) is 4. The minimum Gasteiger partial charge on any atom is -0.455 e. The molecule has 1 aromatic heterocycles. The van der Waals surface area contributed by atoms with Gasteiger partial charge in [-0.15, -0.1) is 0 Å². The topological polar surface area (TPSA) is 73.2 Å². The van der Waals surface area contributed by atoms with E-state index >= 15 is 0 Å². The molecular formula is C23H24FN3O3. The van der Waals surface area contributed by atoms with E-state index in [9.17, 15) is 14.0 Å². The van der Waals surface area contributed by atoms with Crippen molar-refractivity contribution in [3.8, 4) is 5.69 Å². The summed E-state index contributed by atoms with van der Waals surface area (Å²) < 4.78 is 20.3. The van der Waals surface area contributed by atoms with Crippen LogP contribution in [0.5, 0.6) is 0 Å². The van der Waals surface area contributed by atoms with E-state index in [-0.39, 0.29) is 17.4 Å². The molecule has 30 heavy (non-hydrogen) atoms. The summed E-state index contributed by atoms with van der Waals surface area (Å²) in [7, 11) is 0. The van der Waals surface area contributed by atoms with Crippen LogP contribution in [0.25, 0.3) is 5.69 Å². The molecule has 1 amide bonds. The van der Waals surface area contributed by atoms with E-state index in [1.54, 1.807) is 22.9 Å². The van der Waals surface area contributed by atoms with E-state index in [1.807, 2.05) is 51.1 Å². The third-order valence-corrected chi connectivity index (χ3v) is 4.40. The molecule has 0 saturated carbocycles. The van der Waals surface area contributed by atoms with Crippen molar-refractivity contribution in [2.75, 3.05) is 11.9 Å². The van der Waals surface area contributed by atoms with Gasteiger partial charge in [0.2, 0.25) is 0 Å². The van der Waals surface area contributed by atoms with Crippen LogP contribution in [0.4, 0.5) is 10.2 Å². The molecule has 0 aliphatic rings. The summed E-state index contributed by atoms with van der Waals surface area (Å²) >= 11 is 0. The lowest BCUT2D eigenvalue weighted by atomic mass is 9.92. The first kappa shape index (κ1) is 21.2. The van der Waals surface area contributed by atoms with Crippen LogP contribution in [-0.4, -0.2) is 28.3 Å². The van der Waals surface area contributed by atoms with Gasteiger partial charge in [0.05, 0.1) is 17.8 Å². The first-order valence-corrected chi connectivity index (χ1v) is 9.59. The molecule has 0 spiro atoms. The van der Waals surface area contributed by atoms with E-state index in [4.69, 9.17) is 4.74 Å². The number of esters is 1. The number of anilines is 1. The molecule has 0 aliphatic heterocycles. The van der Waals surface area contributed by atoms with Gasteiger partial charge in [-0.2, -0.15) is 5.10 Å². The van der Waals surface area contributed by atoms with Crippen LogP contribution in [0.15, 0.2) is 60.7 Å². The number of benzene rings is 2. The van der Waals surface area contributed by atoms with Gasteiger partial charge in [-0.25, -0.2) is 9.07 Å². The highest BCUT2D eigenvalue weighted by Crippen LogP contribution is 2.26. The number of carbonyl (C=O) groups excluding carboxylic acids is 2. The van der Waals surface area contributed by atoms with Crippen LogP contribution in [0.2, 0.25) is 0 Å². The number of nitrogens with one attached hydrogen (secondary N) is 1. The maximum Gasteiger partial charge on any atom is 0.310 e. The highest BCUT2D eigenvalue weighted by molar-refractivity contribution is 5.92. The number of rotatable bonds is 6. The smallest absolute Gasteiger partial charge is 0.310 e. The molecule has 0 radical (unpaired) electrons. The molecule has 0 aliphatic carbocycles. The Hall–Kier alpha value is -3.48. The molecule has 6 nitrogen and oxygen atoms in total. The van der Waals surface area contributed by atoms with Gasteiger partial charge in [0.15, 0.2) is 6.61 Å². The summed E-state index contributed by atoms with van der Waals surface area (Å²) in [6, 6.07) is 17.2. The number of amides is 1. The molecule has 3 rings (SSSR count). The maximum absolute atomic E-state index is 13.6. The Bertz CT molecular complexity index is 1040. The third-order valence-electron chi connectivity index (χ3n) is 4.40. The van der Waals surface area contributed by atoms with Crippen molar-refractivity contribution in [1.29, 1.82) is 0 Å². The van der Waals surface area contributed by atoms with Crippen molar-refractivity contribution in [1.82, 2.24) is 9.78 Å². The number of hydrogen-bond donors (Lipinski definition) is 1. The second kappa shape index (κ2) is 8.90. The van der Waals surface area contributed by atoms with E-state index in [0.717, 1.165) is 11.4 Å². The van der Waals surface area contributed by atoms with Crippen LogP contribution in [0.1, 0.15) is 32.0 Å². The number of ether oxygens (including phenoxy) is 1. The molecule has 1 N–H and O–H groups in total. The van der Waals surface area contributed by atoms with E-state index in [0.29, 0.717) is 5.82 Å². The summed E-state index contributed by atoms with van der Waals surface area (Å²) in [5.74, 6) is -1.20. The Labute approximate surface area is 174 Å². The minimum atomic E-state index is -0.679. The SMILES string of the molecule is CC(C)(C)c1cc(NC(=O)COC(=O)Cc2ccccc2F)n(-c2ccccc2)n1. The zero-order valence-corrected chi connectivity index (χ0v) is 17.2. The largest absolute Gasteiger partial charge is 0.455 e. The average molecular weight is 409 g/mol. The van der Waals surface area contributed by atoms with Crippen LogP contribution < -0.4 is 5.32 Å². The lowest BCUT2D eigenvalue weighted by Gasteiger charge is -2.14. The lowest BCUT2D eigenvalue weighted by molar-refractivity contribution is -0.146. The molecule has 0 saturated heterocycles. The molecular weight excluding hydrogens is 385 g/mol. The van der Waals surface area contributed by atoms with Crippen molar-refractivity contribution in [2.45, 2.75) is 32.6 Å². The Morgan fingerprint density at radius 1 is 1.07 bits per heavy atom.